The number of hydrogen-bond acceptors (Lipinski definition) is 12. The van der Waals surface area contributed by atoms with Gasteiger partial charge in [-0.05, 0) is 84.6 Å². The highest BCUT2D eigenvalue weighted by Crippen LogP contribution is 2.38. The molecule has 0 amide bonds. The molecule has 0 radical (unpaired) electrons. The number of aliphatic hydroxyl groups is 4. The van der Waals surface area contributed by atoms with E-state index in [1.807, 2.05) is 27.7 Å². The summed E-state index contributed by atoms with van der Waals surface area (Å²) in [5, 5.41) is 60.7. The van der Waals surface area contributed by atoms with Crippen molar-refractivity contribution < 1.29 is 54.0 Å². The molecule has 3 saturated heterocycles. The molecule has 0 aromatic rings. The fourth-order valence-electron chi connectivity index (χ4n) is 7.71. The highest BCUT2D eigenvalue weighted by atomic mass is 16.7. The van der Waals surface area contributed by atoms with Crippen molar-refractivity contribution in [2.45, 2.75) is 161 Å². The van der Waals surface area contributed by atoms with Crippen molar-refractivity contribution in [2.24, 2.45) is 29.6 Å². The van der Waals surface area contributed by atoms with Gasteiger partial charge in [0.15, 0.2) is 12.6 Å². The molecule has 0 saturated carbocycles. The predicted molar refractivity (Wildman–Crippen MR) is 168 cm³/mol. The molecule has 0 bridgehead atoms. The lowest BCUT2D eigenvalue weighted by Crippen LogP contribution is -2.58. The maximum absolute atomic E-state index is 13.9. The van der Waals surface area contributed by atoms with Crippen molar-refractivity contribution in [1.29, 1.82) is 0 Å². The lowest BCUT2D eigenvalue weighted by atomic mass is 9.77. The molecule has 2 unspecified atom stereocenters. The van der Waals surface area contributed by atoms with E-state index in [2.05, 4.69) is 5.32 Å². The molecule has 0 aromatic heterocycles. The highest BCUT2D eigenvalue weighted by molar-refractivity contribution is 5.73. The van der Waals surface area contributed by atoms with Gasteiger partial charge in [0, 0.05) is 25.0 Å². The summed E-state index contributed by atoms with van der Waals surface area (Å²) in [5.74, 6) is -2.51. The van der Waals surface area contributed by atoms with Crippen LogP contribution >= 0.6 is 0 Å². The Morgan fingerprint density at radius 2 is 1.74 bits per heavy atom. The molecule has 3 aliphatic heterocycles. The molecule has 3 aliphatic rings. The predicted octanol–water partition coefficient (Wildman–Crippen LogP) is 1.48. The van der Waals surface area contributed by atoms with Crippen LogP contribution in [0.4, 0.5) is 0 Å². The van der Waals surface area contributed by atoms with Crippen molar-refractivity contribution in [3.63, 3.8) is 0 Å². The summed E-state index contributed by atoms with van der Waals surface area (Å²) in [6, 6.07) is -0.559. The van der Waals surface area contributed by atoms with Crippen molar-refractivity contribution >= 4 is 5.97 Å². The van der Waals surface area contributed by atoms with E-state index in [-0.39, 0.29) is 43.3 Å². The third-order valence-electron chi connectivity index (χ3n) is 10.7. The van der Waals surface area contributed by atoms with Crippen LogP contribution in [-0.4, -0.2) is 113 Å². The van der Waals surface area contributed by atoms with E-state index in [0.717, 1.165) is 0 Å². The van der Waals surface area contributed by atoms with Crippen LogP contribution in [0.2, 0.25) is 0 Å². The van der Waals surface area contributed by atoms with Crippen LogP contribution in [0.15, 0.2) is 0 Å². The van der Waals surface area contributed by atoms with Gasteiger partial charge in [-0.25, -0.2) is 0 Å². The number of carbonyl (C=O) groups excluding carboxylic acids is 1. The number of rotatable bonds is 6. The summed E-state index contributed by atoms with van der Waals surface area (Å²) < 4.78 is 31.0. The smallest absolute Gasteiger partial charge is 0.311 e. The Balaban J connectivity index is 2.07. The van der Waals surface area contributed by atoms with Crippen molar-refractivity contribution in [3.8, 4) is 0 Å². The SMILES string of the molecule is CC[C@H]1OC(=O)[C@H](C)[C@@H](O[C@H]2CC(C)C(C[O-])[C@H](C)O2)[C@H](C)[C@@H](O[C@@H]2OCCC[C@H]2O)[C@](C)(O)C[C@@H](C)CN[C@H](C)[C@@H](O)[C@]1(C)O. The number of hydrogen-bond donors (Lipinski definition) is 5. The van der Waals surface area contributed by atoms with E-state index in [4.69, 9.17) is 23.7 Å². The monoisotopic (exact) mass is 660 g/mol. The molecule has 16 atom stereocenters. The van der Waals surface area contributed by atoms with Gasteiger partial charge in [0.2, 0.25) is 0 Å². The van der Waals surface area contributed by atoms with Crippen molar-refractivity contribution in [1.82, 2.24) is 5.32 Å². The number of aliphatic hydroxyl groups excluding tert-OH is 2. The van der Waals surface area contributed by atoms with Gasteiger partial charge >= 0.3 is 5.97 Å². The molecule has 3 fully saturated rings. The average molecular weight is 661 g/mol. The van der Waals surface area contributed by atoms with Gasteiger partial charge in [-0.1, -0.05) is 27.7 Å². The normalized spacial score (nSPS) is 49.0. The van der Waals surface area contributed by atoms with Crippen LogP contribution in [0.3, 0.4) is 0 Å². The van der Waals surface area contributed by atoms with Crippen LogP contribution in [0, 0.1) is 29.6 Å². The van der Waals surface area contributed by atoms with Gasteiger partial charge in [-0.15, -0.1) is 6.61 Å². The largest absolute Gasteiger partial charge is 0.854 e. The Labute approximate surface area is 275 Å². The first kappa shape index (κ1) is 39.5. The maximum atomic E-state index is 13.9. The van der Waals surface area contributed by atoms with Crippen LogP contribution in [0.1, 0.15) is 94.4 Å². The zero-order valence-corrected chi connectivity index (χ0v) is 29.4. The second-order valence-corrected chi connectivity index (χ2v) is 14.9. The lowest BCUT2D eigenvalue weighted by Gasteiger charge is -2.46. The lowest BCUT2D eigenvalue weighted by molar-refractivity contribution is -0.395. The molecule has 3 heterocycles. The fourth-order valence-corrected chi connectivity index (χ4v) is 7.71. The molecule has 0 spiro atoms. The molecule has 0 aliphatic carbocycles. The topological polar surface area (TPSA) is 179 Å². The van der Waals surface area contributed by atoms with E-state index >= 15 is 0 Å². The van der Waals surface area contributed by atoms with Gasteiger partial charge in [0.1, 0.15) is 23.9 Å². The molecule has 3 rings (SSSR count). The summed E-state index contributed by atoms with van der Waals surface area (Å²) in [4.78, 5) is 13.9. The summed E-state index contributed by atoms with van der Waals surface area (Å²) in [6.45, 7) is 16.5. The summed E-state index contributed by atoms with van der Waals surface area (Å²) >= 11 is 0. The van der Waals surface area contributed by atoms with Crippen molar-refractivity contribution in [3.05, 3.63) is 0 Å². The highest BCUT2D eigenvalue weighted by Gasteiger charge is 2.50. The average Bonchev–Trinajstić information content (AvgIpc) is 2.98. The van der Waals surface area contributed by atoms with E-state index in [1.165, 1.54) is 6.92 Å². The molecule has 270 valence electrons. The van der Waals surface area contributed by atoms with E-state index in [9.17, 15) is 30.3 Å². The Morgan fingerprint density at radius 1 is 1.07 bits per heavy atom. The van der Waals surface area contributed by atoms with Crippen LogP contribution in [0.25, 0.3) is 0 Å². The van der Waals surface area contributed by atoms with Crippen LogP contribution in [0.5, 0.6) is 0 Å². The number of ether oxygens (including phenoxy) is 5. The number of esters is 1. The fraction of sp³-hybridized carbons (Fsp3) is 0.971. The quantitative estimate of drug-likeness (QED) is 0.260. The Kier molecular flexibility index (Phi) is 14.3. The minimum atomic E-state index is -1.77. The van der Waals surface area contributed by atoms with E-state index in [0.29, 0.717) is 32.4 Å². The molecular formula is C34H62NO11-. The minimum Gasteiger partial charge on any atom is -0.854 e. The third-order valence-corrected chi connectivity index (χ3v) is 10.7. The molecule has 12 heteroatoms. The molecule has 5 N–H and O–H groups in total. The van der Waals surface area contributed by atoms with Gasteiger partial charge in [-0.2, -0.15) is 0 Å². The number of cyclic esters (lactones) is 1. The van der Waals surface area contributed by atoms with Gasteiger partial charge < -0.3 is 54.5 Å². The summed E-state index contributed by atoms with van der Waals surface area (Å²) in [6.07, 6.45) is -5.01. The Bertz CT molecular complexity index is 938. The summed E-state index contributed by atoms with van der Waals surface area (Å²) in [7, 11) is 0. The van der Waals surface area contributed by atoms with Gasteiger partial charge in [0.05, 0.1) is 29.8 Å². The third kappa shape index (κ3) is 9.40. The molecular weight excluding hydrogens is 598 g/mol. The number of nitrogens with one attached hydrogen (secondary N) is 1. The second-order valence-electron chi connectivity index (χ2n) is 14.9. The molecule has 12 nitrogen and oxygen atoms in total. The van der Waals surface area contributed by atoms with Crippen LogP contribution < -0.4 is 10.4 Å². The van der Waals surface area contributed by atoms with E-state index in [1.54, 1.807) is 27.7 Å². The Morgan fingerprint density at radius 3 is 2.33 bits per heavy atom. The molecule has 0 aromatic carbocycles. The zero-order chi connectivity index (χ0) is 34.6. The first-order chi connectivity index (χ1) is 21.4. The standard InChI is InChI=1S/C34H62NO11/c1-10-26-34(9,41)29(38)22(6)35-16-18(2)15-33(8,40)30(46-32-25(37)12-11-13-42-32)20(4)28(21(5)31(39)44-26)45-27-14-19(3)24(17-36)23(7)43-27/h18-30,32,35,37-38,40-41H,10-17H2,1-9H3/q-1/t18-,19?,20+,21-,22-,23+,24?,25-,26-,27+,28+,29-,30-,32+,33-,34-/m1/s1. The van der Waals surface area contributed by atoms with Gasteiger partial charge in [-0.3, -0.25) is 4.79 Å². The maximum Gasteiger partial charge on any atom is 0.311 e. The van der Waals surface area contributed by atoms with Crippen LogP contribution in [-0.2, 0) is 28.5 Å². The minimum absolute atomic E-state index is 0.0170. The first-order valence-corrected chi connectivity index (χ1v) is 17.3. The van der Waals surface area contributed by atoms with E-state index < -0.39 is 78.1 Å². The summed E-state index contributed by atoms with van der Waals surface area (Å²) in [5.41, 5.74) is -3.24. The Hall–Kier alpha value is -0.930. The zero-order valence-electron chi connectivity index (χ0n) is 29.4. The second kappa shape index (κ2) is 16.7. The molecule has 46 heavy (non-hydrogen) atoms. The first-order valence-electron chi connectivity index (χ1n) is 17.3. The van der Waals surface area contributed by atoms with Gasteiger partial charge in [0.25, 0.3) is 0 Å². The number of carbonyl (C=O) groups is 1. The van der Waals surface area contributed by atoms with Crippen molar-refractivity contribution in [2.75, 3.05) is 19.8 Å².